The quantitative estimate of drug-likeness (QED) is 0.764. The lowest BCUT2D eigenvalue weighted by atomic mass is 9.88. The van der Waals surface area contributed by atoms with Crippen molar-refractivity contribution in [1.82, 2.24) is 10.2 Å². The third-order valence-corrected chi connectivity index (χ3v) is 3.06. The predicted molar refractivity (Wildman–Crippen MR) is 62.5 cm³/mol. The number of nitrogens with zero attached hydrogens (tertiary/aromatic N) is 2. The minimum absolute atomic E-state index is 0.248. The molecule has 0 aromatic heterocycles. The molecule has 1 aliphatic heterocycles. The van der Waals surface area contributed by atoms with Crippen molar-refractivity contribution < 1.29 is 0 Å². The molecular weight excluding hydrogens is 186 g/mol. The van der Waals surface area contributed by atoms with Crippen molar-refractivity contribution in [3.8, 4) is 6.07 Å². The van der Waals surface area contributed by atoms with Gasteiger partial charge in [0.2, 0.25) is 0 Å². The summed E-state index contributed by atoms with van der Waals surface area (Å²) in [5.74, 6) is 0.721. The molecule has 15 heavy (non-hydrogen) atoms. The van der Waals surface area contributed by atoms with Crippen molar-refractivity contribution in [3.05, 3.63) is 0 Å². The Hall–Kier alpha value is -0.590. The molecule has 3 heteroatoms. The first-order valence-electron chi connectivity index (χ1n) is 6.00. The molecule has 1 saturated heterocycles. The first-order valence-corrected chi connectivity index (χ1v) is 6.00. The lowest BCUT2D eigenvalue weighted by Crippen LogP contribution is -2.52. The Morgan fingerprint density at radius 2 is 2.00 bits per heavy atom. The summed E-state index contributed by atoms with van der Waals surface area (Å²) in [6, 6.07) is 2.45. The number of nitriles is 1. The summed E-state index contributed by atoms with van der Waals surface area (Å²) in [5, 5.41) is 12.5. The van der Waals surface area contributed by atoms with Crippen molar-refractivity contribution in [3.63, 3.8) is 0 Å². The van der Waals surface area contributed by atoms with Crippen molar-refractivity contribution in [2.75, 3.05) is 26.2 Å². The molecule has 3 nitrogen and oxygen atoms in total. The Morgan fingerprint density at radius 1 is 1.40 bits per heavy atom. The molecule has 0 bridgehead atoms. The van der Waals surface area contributed by atoms with Crippen LogP contribution in [0.15, 0.2) is 0 Å². The molecular formula is C12H23N3. The highest BCUT2D eigenvalue weighted by atomic mass is 15.2. The zero-order chi connectivity index (χ0) is 11.3. The molecule has 1 rings (SSSR count). The second-order valence-electron chi connectivity index (χ2n) is 4.92. The van der Waals surface area contributed by atoms with Crippen molar-refractivity contribution >= 4 is 0 Å². The fourth-order valence-electron chi connectivity index (χ4n) is 2.30. The van der Waals surface area contributed by atoms with E-state index in [2.05, 4.69) is 37.1 Å². The van der Waals surface area contributed by atoms with Gasteiger partial charge in [0, 0.05) is 19.6 Å². The number of hydrogen-bond acceptors (Lipinski definition) is 3. The Morgan fingerprint density at radius 3 is 2.40 bits per heavy atom. The molecule has 0 spiro atoms. The highest BCUT2D eigenvalue weighted by Gasteiger charge is 2.33. The van der Waals surface area contributed by atoms with Crippen LogP contribution >= 0.6 is 0 Å². The number of nitrogens with one attached hydrogen (secondary N) is 1. The molecule has 1 N–H and O–H groups in total. The van der Waals surface area contributed by atoms with E-state index in [1.807, 2.05) is 0 Å². The maximum atomic E-state index is 9.21. The van der Waals surface area contributed by atoms with E-state index in [0.717, 1.165) is 44.9 Å². The van der Waals surface area contributed by atoms with Crippen LogP contribution in [0.25, 0.3) is 0 Å². The third-order valence-electron chi connectivity index (χ3n) is 3.06. The van der Waals surface area contributed by atoms with Gasteiger partial charge in [-0.15, -0.1) is 0 Å². The fourth-order valence-corrected chi connectivity index (χ4v) is 2.30. The van der Waals surface area contributed by atoms with Crippen molar-refractivity contribution in [1.29, 1.82) is 5.26 Å². The van der Waals surface area contributed by atoms with Crippen LogP contribution in [0.1, 0.15) is 33.6 Å². The van der Waals surface area contributed by atoms with Crippen LogP contribution in [-0.2, 0) is 0 Å². The van der Waals surface area contributed by atoms with Gasteiger partial charge in [0.15, 0.2) is 0 Å². The van der Waals surface area contributed by atoms with E-state index in [0.29, 0.717) is 0 Å². The maximum Gasteiger partial charge on any atom is 0.109 e. The first-order chi connectivity index (χ1) is 7.12. The predicted octanol–water partition coefficient (Wildman–Crippen LogP) is 1.61. The topological polar surface area (TPSA) is 39.1 Å². The molecule has 1 heterocycles. The van der Waals surface area contributed by atoms with Gasteiger partial charge in [-0.1, -0.05) is 20.8 Å². The van der Waals surface area contributed by atoms with E-state index in [-0.39, 0.29) is 5.54 Å². The van der Waals surface area contributed by atoms with Gasteiger partial charge in [-0.05, 0) is 25.3 Å². The van der Waals surface area contributed by atoms with Crippen LogP contribution in [0.3, 0.4) is 0 Å². The van der Waals surface area contributed by atoms with Gasteiger partial charge in [0.1, 0.15) is 5.54 Å². The molecule has 86 valence electrons. The van der Waals surface area contributed by atoms with Crippen LogP contribution < -0.4 is 5.32 Å². The van der Waals surface area contributed by atoms with Gasteiger partial charge in [-0.25, -0.2) is 0 Å². The van der Waals surface area contributed by atoms with Gasteiger partial charge >= 0.3 is 0 Å². The number of rotatable bonds is 4. The summed E-state index contributed by atoms with van der Waals surface area (Å²) in [6.07, 6.45) is 1.92. The highest BCUT2D eigenvalue weighted by molar-refractivity contribution is 5.09. The monoisotopic (exact) mass is 209 g/mol. The Labute approximate surface area is 93.5 Å². The normalized spacial score (nSPS) is 21.5. The molecule has 0 saturated carbocycles. The van der Waals surface area contributed by atoms with E-state index in [4.69, 9.17) is 0 Å². The average Bonchev–Trinajstić information content (AvgIpc) is 2.21. The van der Waals surface area contributed by atoms with Crippen LogP contribution in [0.2, 0.25) is 0 Å². The summed E-state index contributed by atoms with van der Waals surface area (Å²) in [4.78, 5) is 2.47. The van der Waals surface area contributed by atoms with Gasteiger partial charge < -0.3 is 4.90 Å². The maximum absolute atomic E-state index is 9.21. The van der Waals surface area contributed by atoms with Crippen LogP contribution in [0.5, 0.6) is 0 Å². The Balaban J connectivity index is 2.43. The second-order valence-corrected chi connectivity index (χ2v) is 4.92. The molecule has 0 unspecified atom stereocenters. The molecule has 0 amide bonds. The fraction of sp³-hybridized carbons (Fsp3) is 0.917. The second kappa shape index (κ2) is 5.48. The molecule has 0 aromatic carbocycles. The largest absolute Gasteiger partial charge is 0.303 e. The van der Waals surface area contributed by atoms with Crippen molar-refractivity contribution in [2.45, 2.75) is 39.2 Å². The molecule has 0 atom stereocenters. The van der Waals surface area contributed by atoms with Crippen molar-refractivity contribution in [2.24, 2.45) is 5.92 Å². The lowest BCUT2D eigenvalue weighted by Gasteiger charge is -2.38. The lowest BCUT2D eigenvalue weighted by molar-refractivity contribution is 0.154. The van der Waals surface area contributed by atoms with Crippen LogP contribution in [0.4, 0.5) is 0 Å². The van der Waals surface area contributed by atoms with Gasteiger partial charge in [0.05, 0.1) is 6.07 Å². The zero-order valence-corrected chi connectivity index (χ0v) is 10.2. The average molecular weight is 209 g/mol. The highest BCUT2D eigenvalue weighted by Crippen LogP contribution is 2.21. The summed E-state index contributed by atoms with van der Waals surface area (Å²) in [7, 11) is 0. The van der Waals surface area contributed by atoms with Gasteiger partial charge in [0.25, 0.3) is 0 Å². The summed E-state index contributed by atoms with van der Waals surface area (Å²) in [6.45, 7) is 10.7. The summed E-state index contributed by atoms with van der Waals surface area (Å²) < 4.78 is 0. The standard InChI is InChI=1S/C12H23N3/c1-4-14-12(10-13)5-7-15(8-6-12)9-11(2)3/h11,14H,4-9H2,1-3H3. The van der Waals surface area contributed by atoms with E-state index in [1.165, 1.54) is 0 Å². The van der Waals surface area contributed by atoms with E-state index in [9.17, 15) is 5.26 Å². The Kier molecular flexibility index (Phi) is 4.56. The smallest absolute Gasteiger partial charge is 0.109 e. The third kappa shape index (κ3) is 3.48. The summed E-state index contributed by atoms with van der Waals surface area (Å²) >= 11 is 0. The minimum Gasteiger partial charge on any atom is -0.303 e. The first kappa shape index (κ1) is 12.5. The summed E-state index contributed by atoms with van der Waals surface area (Å²) in [5.41, 5.74) is -0.248. The molecule has 0 radical (unpaired) electrons. The molecule has 1 fully saturated rings. The van der Waals surface area contributed by atoms with E-state index in [1.54, 1.807) is 0 Å². The Bertz CT molecular complexity index is 222. The van der Waals surface area contributed by atoms with Crippen LogP contribution in [0, 0.1) is 17.2 Å². The minimum atomic E-state index is -0.248. The molecule has 1 aliphatic rings. The SMILES string of the molecule is CCNC1(C#N)CCN(CC(C)C)CC1. The number of likely N-dealkylation sites (tertiary alicyclic amines) is 1. The molecule has 0 aromatic rings. The van der Waals surface area contributed by atoms with E-state index >= 15 is 0 Å². The molecule has 0 aliphatic carbocycles. The van der Waals surface area contributed by atoms with Gasteiger partial charge in [-0.2, -0.15) is 5.26 Å². The van der Waals surface area contributed by atoms with Crippen LogP contribution in [-0.4, -0.2) is 36.6 Å². The number of hydrogen-bond donors (Lipinski definition) is 1. The zero-order valence-electron chi connectivity index (χ0n) is 10.2. The van der Waals surface area contributed by atoms with E-state index < -0.39 is 0 Å². The van der Waals surface area contributed by atoms with Gasteiger partial charge in [-0.3, -0.25) is 5.32 Å². The number of piperidine rings is 1.